The Labute approximate surface area is 123 Å². The molecule has 1 saturated heterocycles. The molecular formula is C17H29N3. The monoisotopic (exact) mass is 275 g/mol. The van der Waals surface area contributed by atoms with Crippen molar-refractivity contribution in [3.63, 3.8) is 0 Å². The Morgan fingerprint density at radius 3 is 2.65 bits per heavy atom. The fourth-order valence-electron chi connectivity index (χ4n) is 3.00. The number of nitrogens with zero attached hydrogens (tertiary/aromatic N) is 2. The van der Waals surface area contributed by atoms with Gasteiger partial charge >= 0.3 is 0 Å². The number of likely N-dealkylation sites (N-methyl/N-ethyl adjacent to an activating group) is 1. The van der Waals surface area contributed by atoms with Gasteiger partial charge in [-0.15, -0.1) is 0 Å². The molecule has 3 heteroatoms. The third-order valence-electron chi connectivity index (χ3n) is 4.34. The topological polar surface area (TPSA) is 32.5 Å². The maximum Gasteiger partial charge on any atom is 0.0426 e. The van der Waals surface area contributed by atoms with Crippen LogP contribution in [-0.4, -0.2) is 49.6 Å². The molecule has 112 valence electrons. The summed E-state index contributed by atoms with van der Waals surface area (Å²) in [5.41, 5.74) is 10.3. The first-order chi connectivity index (χ1) is 9.56. The smallest absolute Gasteiger partial charge is 0.0426 e. The Morgan fingerprint density at radius 2 is 1.95 bits per heavy atom. The number of hydrogen-bond acceptors (Lipinski definition) is 3. The van der Waals surface area contributed by atoms with Crippen LogP contribution in [0.4, 0.5) is 0 Å². The number of nitrogens with two attached hydrogens (primary N) is 1. The summed E-state index contributed by atoms with van der Waals surface area (Å²) in [6.07, 6.45) is 2.73. The van der Waals surface area contributed by atoms with E-state index in [1.807, 2.05) is 0 Å². The summed E-state index contributed by atoms with van der Waals surface area (Å²) in [5.74, 6) is 0. The van der Waals surface area contributed by atoms with Gasteiger partial charge in [0.15, 0.2) is 0 Å². The molecule has 3 nitrogen and oxygen atoms in total. The molecule has 1 atom stereocenters. The first kappa shape index (κ1) is 15.5. The second kappa shape index (κ2) is 7.21. The van der Waals surface area contributed by atoms with Crippen molar-refractivity contribution in [2.45, 2.75) is 32.7 Å². The summed E-state index contributed by atoms with van der Waals surface area (Å²) >= 11 is 0. The van der Waals surface area contributed by atoms with Crippen LogP contribution in [-0.2, 0) is 0 Å². The third-order valence-corrected chi connectivity index (χ3v) is 4.34. The zero-order valence-corrected chi connectivity index (χ0v) is 13.2. The van der Waals surface area contributed by atoms with Gasteiger partial charge in [-0.05, 0) is 58.0 Å². The second-order valence-corrected chi connectivity index (χ2v) is 6.28. The lowest BCUT2D eigenvalue weighted by Gasteiger charge is -2.25. The Morgan fingerprint density at radius 1 is 1.25 bits per heavy atom. The summed E-state index contributed by atoms with van der Waals surface area (Å²) in [4.78, 5) is 4.92. The number of likely N-dealkylation sites (tertiary alicyclic amines) is 1. The van der Waals surface area contributed by atoms with Crippen molar-refractivity contribution in [2.75, 3.05) is 39.8 Å². The van der Waals surface area contributed by atoms with Crippen molar-refractivity contribution in [2.24, 2.45) is 5.73 Å². The molecule has 1 aromatic carbocycles. The highest BCUT2D eigenvalue weighted by Crippen LogP contribution is 2.18. The van der Waals surface area contributed by atoms with Crippen LogP contribution >= 0.6 is 0 Å². The maximum absolute atomic E-state index is 6.39. The lowest BCUT2D eigenvalue weighted by molar-refractivity contribution is 0.248. The van der Waals surface area contributed by atoms with Crippen LogP contribution in [0.3, 0.4) is 0 Å². The lowest BCUT2D eigenvalue weighted by Crippen LogP contribution is -2.35. The molecule has 0 radical (unpaired) electrons. The number of hydrogen-bond donors (Lipinski definition) is 1. The van der Waals surface area contributed by atoms with Crippen LogP contribution in [0.1, 0.15) is 35.6 Å². The first-order valence-electron chi connectivity index (χ1n) is 7.80. The average Bonchev–Trinajstić information content (AvgIpc) is 2.92. The molecule has 2 N–H and O–H groups in total. The van der Waals surface area contributed by atoms with Crippen LogP contribution in [0.15, 0.2) is 18.2 Å². The van der Waals surface area contributed by atoms with E-state index in [4.69, 9.17) is 5.73 Å². The van der Waals surface area contributed by atoms with Crippen LogP contribution in [0.2, 0.25) is 0 Å². The SMILES string of the molecule is Cc1ccc(C)c(C(N)CN(C)CCN2CCCC2)c1. The fourth-order valence-corrected chi connectivity index (χ4v) is 3.00. The second-order valence-electron chi connectivity index (χ2n) is 6.28. The standard InChI is InChI=1S/C17H29N3/c1-14-6-7-15(2)16(12-14)17(18)13-19(3)10-11-20-8-4-5-9-20/h6-7,12,17H,4-5,8-11,13,18H2,1-3H3. The van der Waals surface area contributed by atoms with Crippen LogP contribution in [0, 0.1) is 13.8 Å². The summed E-state index contributed by atoms with van der Waals surface area (Å²) in [6, 6.07) is 6.67. The normalized spacial score (nSPS) is 17.9. The van der Waals surface area contributed by atoms with E-state index in [-0.39, 0.29) is 6.04 Å². The van der Waals surface area contributed by atoms with Crippen molar-refractivity contribution in [3.05, 3.63) is 34.9 Å². The molecule has 0 bridgehead atoms. The fraction of sp³-hybridized carbons (Fsp3) is 0.647. The van der Waals surface area contributed by atoms with Gasteiger partial charge in [0.25, 0.3) is 0 Å². The number of benzene rings is 1. The quantitative estimate of drug-likeness (QED) is 0.865. The zero-order valence-electron chi connectivity index (χ0n) is 13.2. The molecule has 1 unspecified atom stereocenters. The van der Waals surface area contributed by atoms with Crippen molar-refractivity contribution in [1.29, 1.82) is 0 Å². The highest BCUT2D eigenvalue weighted by molar-refractivity contribution is 5.32. The third kappa shape index (κ3) is 4.30. The molecule has 2 rings (SSSR count). The van der Waals surface area contributed by atoms with Gasteiger partial charge in [-0.2, -0.15) is 0 Å². The van der Waals surface area contributed by atoms with E-state index in [2.05, 4.69) is 48.9 Å². The molecule has 0 spiro atoms. The average molecular weight is 275 g/mol. The van der Waals surface area contributed by atoms with E-state index < -0.39 is 0 Å². The largest absolute Gasteiger partial charge is 0.323 e. The van der Waals surface area contributed by atoms with Gasteiger partial charge in [-0.25, -0.2) is 0 Å². The molecule has 0 aromatic heterocycles. The Balaban J connectivity index is 1.83. The molecule has 0 amide bonds. The lowest BCUT2D eigenvalue weighted by atomic mass is 9.99. The van der Waals surface area contributed by atoms with E-state index >= 15 is 0 Å². The summed E-state index contributed by atoms with van der Waals surface area (Å²) in [6.45, 7) is 10.0. The van der Waals surface area contributed by atoms with Gasteiger partial charge in [0.1, 0.15) is 0 Å². The Kier molecular flexibility index (Phi) is 5.58. The minimum Gasteiger partial charge on any atom is -0.323 e. The van der Waals surface area contributed by atoms with Gasteiger partial charge in [0.2, 0.25) is 0 Å². The number of rotatable bonds is 6. The molecule has 1 aliphatic rings. The highest BCUT2D eigenvalue weighted by Gasteiger charge is 2.14. The summed E-state index contributed by atoms with van der Waals surface area (Å²) in [7, 11) is 2.18. The van der Waals surface area contributed by atoms with E-state index in [1.165, 1.54) is 49.2 Å². The predicted molar refractivity (Wildman–Crippen MR) is 86.0 cm³/mol. The van der Waals surface area contributed by atoms with Gasteiger partial charge in [-0.3, -0.25) is 0 Å². The minimum absolute atomic E-state index is 0.110. The van der Waals surface area contributed by atoms with Crippen molar-refractivity contribution in [1.82, 2.24) is 9.80 Å². The van der Waals surface area contributed by atoms with Gasteiger partial charge in [0, 0.05) is 25.7 Å². The molecule has 1 aliphatic heterocycles. The van der Waals surface area contributed by atoms with Crippen LogP contribution in [0.5, 0.6) is 0 Å². The zero-order chi connectivity index (χ0) is 14.5. The van der Waals surface area contributed by atoms with E-state index in [0.717, 1.165) is 13.1 Å². The predicted octanol–water partition coefficient (Wildman–Crippen LogP) is 2.33. The number of aryl methyl sites for hydroxylation is 2. The molecular weight excluding hydrogens is 246 g/mol. The molecule has 1 fully saturated rings. The first-order valence-corrected chi connectivity index (χ1v) is 7.80. The summed E-state index contributed by atoms with van der Waals surface area (Å²) < 4.78 is 0. The van der Waals surface area contributed by atoms with E-state index in [9.17, 15) is 0 Å². The molecule has 0 saturated carbocycles. The Bertz CT molecular complexity index is 424. The van der Waals surface area contributed by atoms with Gasteiger partial charge in [-0.1, -0.05) is 23.8 Å². The maximum atomic E-state index is 6.39. The van der Waals surface area contributed by atoms with Gasteiger partial charge in [0.05, 0.1) is 0 Å². The highest BCUT2D eigenvalue weighted by atomic mass is 15.2. The van der Waals surface area contributed by atoms with Crippen molar-refractivity contribution >= 4 is 0 Å². The van der Waals surface area contributed by atoms with Crippen LogP contribution in [0.25, 0.3) is 0 Å². The Hall–Kier alpha value is -0.900. The summed E-state index contributed by atoms with van der Waals surface area (Å²) in [5, 5.41) is 0. The van der Waals surface area contributed by atoms with Crippen LogP contribution < -0.4 is 5.73 Å². The van der Waals surface area contributed by atoms with E-state index in [0.29, 0.717) is 0 Å². The van der Waals surface area contributed by atoms with Crippen molar-refractivity contribution in [3.8, 4) is 0 Å². The molecule has 1 heterocycles. The molecule has 1 aromatic rings. The van der Waals surface area contributed by atoms with Crippen molar-refractivity contribution < 1.29 is 0 Å². The van der Waals surface area contributed by atoms with Gasteiger partial charge < -0.3 is 15.5 Å². The molecule has 20 heavy (non-hydrogen) atoms. The molecule has 0 aliphatic carbocycles. The minimum atomic E-state index is 0.110. The van der Waals surface area contributed by atoms with E-state index in [1.54, 1.807) is 0 Å².